The van der Waals surface area contributed by atoms with Gasteiger partial charge in [0, 0.05) is 95.2 Å². The number of anilines is 3. The number of fused-ring (bicyclic) bond motifs is 4. The number of rotatable bonds is 6. The van der Waals surface area contributed by atoms with E-state index in [1.165, 1.54) is 6.07 Å². The van der Waals surface area contributed by atoms with Crippen LogP contribution in [0.5, 0.6) is 5.75 Å². The molecule has 16 heteroatoms. The maximum Gasteiger partial charge on any atom is 0.320 e. The summed E-state index contributed by atoms with van der Waals surface area (Å²) >= 11 is 0. The number of carbonyl (C=O) groups is 4. The fraction of sp³-hybridized carbons (Fsp3) is 0.535. The maximum atomic E-state index is 14.4. The van der Waals surface area contributed by atoms with Crippen LogP contribution in [0.1, 0.15) is 68.8 Å². The van der Waals surface area contributed by atoms with Gasteiger partial charge in [0.05, 0.1) is 22.5 Å². The molecule has 59 heavy (non-hydrogen) atoms. The first-order chi connectivity index (χ1) is 28.3. The van der Waals surface area contributed by atoms with Gasteiger partial charge in [-0.25, -0.2) is 9.18 Å². The highest BCUT2D eigenvalue weighted by molar-refractivity contribution is 6.05. The zero-order chi connectivity index (χ0) is 41.2. The number of piperazine rings is 2. The molecule has 15 nitrogen and oxygen atoms in total. The second kappa shape index (κ2) is 14.9. The number of phenolic OH excluding ortho intramolecular Hbond substituents is 1. The fourth-order valence-electron chi connectivity index (χ4n) is 10.3. The molecule has 1 aromatic heterocycles. The first-order valence-electron chi connectivity index (χ1n) is 21.0. The van der Waals surface area contributed by atoms with Gasteiger partial charge in [0.15, 0.2) is 17.4 Å². The standard InChI is InChI=1S/C43H53FN10O5/c1-4-43-24-45-38-35(21-33(47-48-38)30-6-5-7-32(44)37(30)56)53(43)19-17-51(26-43)41(59)54-18-16-49(25-42(54,2)3)22-27-12-14-50(15-13-27)29-9-8-28-23-52(40(58)31(28)20-29)34-10-11-36(55)46-39(34)57/h5-9,20-21,27,34,56H,4,10-19,22-26H2,1-3H3,(H,45,48)(H,46,55,57)/t34-,43?/m0/s1. The van der Waals surface area contributed by atoms with Gasteiger partial charge in [0.2, 0.25) is 11.8 Å². The van der Waals surface area contributed by atoms with Crippen molar-refractivity contribution in [3.63, 3.8) is 0 Å². The van der Waals surface area contributed by atoms with Crippen LogP contribution in [0.15, 0.2) is 42.5 Å². The van der Waals surface area contributed by atoms with E-state index in [4.69, 9.17) is 0 Å². The average molecular weight is 809 g/mol. The van der Waals surface area contributed by atoms with Crippen LogP contribution in [-0.2, 0) is 16.1 Å². The molecule has 6 aliphatic rings. The normalized spacial score (nSPS) is 24.7. The van der Waals surface area contributed by atoms with Crippen molar-refractivity contribution < 1.29 is 28.7 Å². The van der Waals surface area contributed by atoms with Gasteiger partial charge in [-0.1, -0.05) is 19.1 Å². The first-order valence-corrected chi connectivity index (χ1v) is 21.0. The van der Waals surface area contributed by atoms with Crippen LogP contribution in [0.4, 0.5) is 26.4 Å². The molecule has 0 radical (unpaired) electrons. The largest absolute Gasteiger partial charge is 0.504 e. The second-order valence-electron chi connectivity index (χ2n) is 17.8. The molecular formula is C43H53FN10O5. The summed E-state index contributed by atoms with van der Waals surface area (Å²) in [4.78, 5) is 64.8. The van der Waals surface area contributed by atoms with Crippen molar-refractivity contribution in [2.24, 2.45) is 5.92 Å². The molecular weight excluding hydrogens is 756 g/mol. The highest BCUT2D eigenvalue weighted by Crippen LogP contribution is 2.42. The summed E-state index contributed by atoms with van der Waals surface area (Å²) in [5.74, 6) is -0.835. The molecule has 4 saturated heterocycles. The highest BCUT2D eigenvalue weighted by Gasteiger charge is 2.48. The maximum absolute atomic E-state index is 14.4. The van der Waals surface area contributed by atoms with Crippen LogP contribution in [0.3, 0.4) is 0 Å². The number of halogens is 1. The Morgan fingerprint density at radius 3 is 2.53 bits per heavy atom. The van der Waals surface area contributed by atoms with Crippen LogP contribution < -0.4 is 20.4 Å². The van der Waals surface area contributed by atoms with Crippen LogP contribution in [0.25, 0.3) is 11.3 Å². The van der Waals surface area contributed by atoms with Gasteiger partial charge >= 0.3 is 6.03 Å². The number of hydrogen-bond donors (Lipinski definition) is 3. The van der Waals surface area contributed by atoms with Crippen LogP contribution in [0, 0.1) is 11.7 Å². The number of aromatic nitrogens is 2. The molecule has 3 N–H and O–H groups in total. The summed E-state index contributed by atoms with van der Waals surface area (Å²) in [7, 11) is 0. The predicted molar refractivity (Wildman–Crippen MR) is 220 cm³/mol. The number of nitrogens with one attached hydrogen (secondary N) is 2. The minimum Gasteiger partial charge on any atom is -0.504 e. The summed E-state index contributed by atoms with van der Waals surface area (Å²) in [6.45, 7) is 14.2. The zero-order valence-electron chi connectivity index (χ0n) is 34.0. The molecule has 6 aliphatic heterocycles. The van der Waals surface area contributed by atoms with Crippen molar-refractivity contribution in [3.8, 4) is 17.0 Å². The average Bonchev–Trinajstić information content (AvgIpc) is 3.55. The molecule has 4 fully saturated rings. The number of benzene rings is 2. The second-order valence-corrected chi connectivity index (χ2v) is 17.8. The van der Waals surface area contributed by atoms with Crippen molar-refractivity contribution in [1.29, 1.82) is 0 Å². The number of nitrogens with zero attached hydrogens (tertiary/aromatic N) is 8. The molecule has 0 bridgehead atoms. The third-order valence-corrected chi connectivity index (χ3v) is 13.7. The van der Waals surface area contributed by atoms with Crippen molar-refractivity contribution in [2.75, 3.05) is 80.6 Å². The molecule has 312 valence electrons. The minimum atomic E-state index is -0.712. The van der Waals surface area contributed by atoms with Crippen LogP contribution in [-0.4, -0.2) is 141 Å². The molecule has 1 unspecified atom stereocenters. The number of amides is 5. The van der Waals surface area contributed by atoms with Crippen LogP contribution in [0.2, 0.25) is 0 Å². The lowest BCUT2D eigenvalue weighted by atomic mass is 9.87. The third-order valence-electron chi connectivity index (χ3n) is 13.7. The fourth-order valence-corrected chi connectivity index (χ4v) is 10.3. The smallest absolute Gasteiger partial charge is 0.320 e. The molecule has 2 atom stereocenters. The number of piperidine rings is 2. The Morgan fingerprint density at radius 1 is 0.949 bits per heavy atom. The van der Waals surface area contributed by atoms with Crippen molar-refractivity contribution >= 4 is 40.9 Å². The van der Waals surface area contributed by atoms with E-state index in [2.05, 4.69) is 67.3 Å². The lowest BCUT2D eigenvalue weighted by Crippen LogP contribution is -2.71. The number of imide groups is 1. The summed E-state index contributed by atoms with van der Waals surface area (Å²) in [6.07, 6.45) is 3.44. The van der Waals surface area contributed by atoms with E-state index in [1.54, 1.807) is 17.0 Å². The van der Waals surface area contributed by atoms with E-state index in [0.717, 1.165) is 68.9 Å². The number of para-hydroxylation sites is 1. The molecule has 3 aromatic rings. The predicted octanol–water partition coefficient (Wildman–Crippen LogP) is 3.88. The zero-order valence-corrected chi connectivity index (χ0v) is 34.0. The third kappa shape index (κ3) is 6.98. The Morgan fingerprint density at radius 2 is 1.76 bits per heavy atom. The van der Waals surface area contributed by atoms with E-state index in [0.29, 0.717) is 68.7 Å². The van der Waals surface area contributed by atoms with E-state index < -0.39 is 23.5 Å². The number of carbonyl (C=O) groups excluding carboxylic acids is 4. The molecule has 7 heterocycles. The topological polar surface area (TPSA) is 158 Å². The van der Waals surface area contributed by atoms with Crippen LogP contribution >= 0.6 is 0 Å². The van der Waals surface area contributed by atoms with Gasteiger partial charge in [-0.05, 0) is 81.3 Å². The van der Waals surface area contributed by atoms with E-state index >= 15 is 0 Å². The monoisotopic (exact) mass is 808 g/mol. The number of urea groups is 1. The summed E-state index contributed by atoms with van der Waals surface area (Å²) < 4.78 is 14.2. The Kier molecular flexibility index (Phi) is 9.87. The molecule has 9 rings (SSSR count). The van der Waals surface area contributed by atoms with Gasteiger partial charge in [0.25, 0.3) is 5.91 Å². The quantitative estimate of drug-likeness (QED) is 0.311. The highest BCUT2D eigenvalue weighted by atomic mass is 19.1. The molecule has 2 aromatic carbocycles. The lowest BCUT2D eigenvalue weighted by Gasteiger charge is -2.56. The van der Waals surface area contributed by atoms with Gasteiger partial charge in [-0.3, -0.25) is 24.6 Å². The summed E-state index contributed by atoms with van der Waals surface area (Å²) in [6, 6.07) is 11.7. The molecule has 0 aliphatic carbocycles. The number of hydrogen-bond acceptors (Lipinski definition) is 11. The Hall–Kier alpha value is -5.51. The van der Waals surface area contributed by atoms with Crippen molar-refractivity contribution in [2.45, 2.75) is 76.5 Å². The first kappa shape index (κ1) is 39.0. The van der Waals surface area contributed by atoms with Crippen molar-refractivity contribution in [3.05, 3.63) is 59.4 Å². The number of aromatic hydroxyl groups is 1. The molecule has 0 spiro atoms. The van der Waals surface area contributed by atoms with Gasteiger partial charge < -0.3 is 34.9 Å². The molecule has 0 saturated carbocycles. The van der Waals surface area contributed by atoms with E-state index in [1.807, 2.05) is 23.1 Å². The number of phenols is 1. The SMILES string of the molecule is CCC12CNc3nnc(-c4cccc(F)c4O)cc3N1CCN(C(=O)N1CCN(CC3CCN(c4ccc5c(c4)C(=O)N([C@H]4CCC(=O)NC4=O)C5)CC3)CC1(C)C)C2. The van der Waals surface area contributed by atoms with E-state index in [-0.39, 0.29) is 40.9 Å². The Bertz CT molecular complexity index is 2200. The Labute approximate surface area is 343 Å². The minimum absolute atomic E-state index is 0.0625. The lowest BCUT2D eigenvalue weighted by molar-refractivity contribution is -0.136. The van der Waals surface area contributed by atoms with E-state index in [9.17, 15) is 28.7 Å². The van der Waals surface area contributed by atoms with Gasteiger partial charge in [-0.15, -0.1) is 10.2 Å². The van der Waals surface area contributed by atoms with Gasteiger partial charge in [0.1, 0.15) is 6.04 Å². The van der Waals surface area contributed by atoms with Crippen molar-refractivity contribution in [1.82, 2.24) is 35.1 Å². The summed E-state index contributed by atoms with van der Waals surface area (Å²) in [5, 5.41) is 24.9. The van der Waals surface area contributed by atoms with Gasteiger partial charge in [-0.2, -0.15) is 0 Å². The molecule has 5 amide bonds. The summed E-state index contributed by atoms with van der Waals surface area (Å²) in [5.41, 5.74) is 3.34. The Balaban J connectivity index is 0.792.